The molecule has 10 aliphatic rings. The molecule has 0 bridgehead atoms. The summed E-state index contributed by atoms with van der Waals surface area (Å²) in [6, 6.07) is 12.2. The van der Waals surface area contributed by atoms with Crippen molar-refractivity contribution in [2.45, 2.75) is 250 Å². The number of halogens is 3. The van der Waals surface area contributed by atoms with Crippen LogP contribution in [0, 0.1) is 81.8 Å². The van der Waals surface area contributed by atoms with Crippen LogP contribution in [0.4, 0.5) is 13.2 Å². The van der Waals surface area contributed by atoms with Crippen LogP contribution in [0.25, 0.3) is 0 Å². The van der Waals surface area contributed by atoms with Crippen molar-refractivity contribution in [1.82, 2.24) is 0 Å². The Bertz CT molecular complexity index is 3150. The van der Waals surface area contributed by atoms with Crippen LogP contribution in [0.5, 0.6) is 23.0 Å². The number of rotatable bonds is 5. The fourth-order valence-corrected chi connectivity index (χ4v) is 28.3. The number of hydrogen-bond donors (Lipinski definition) is 0. The molecule has 0 aromatic heterocycles. The van der Waals surface area contributed by atoms with Gasteiger partial charge in [0.05, 0.1) is 21.3 Å². The minimum absolute atomic E-state index is 0.0273. The van der Waals surface area contributed by atoms with E-state index in [1.807, 2.05) is 20.5 Å². The van der Waals surface area contributed by atoms with Crippen LogP contribution < -0.4 is 18.4 Å². The number of methoxy groups -OCH3 is 3. The second kappa shape index (κ2) is 25.5. The van der Waals surface area contributed by atoms with E-state index >= 15 is 0 Å². The van der Waals surface area contributed by atoms with Crippen molar-refractivity contribution >= 4 is 66.8 Å². The van der Waals surface area contributed by atoms with Crippen molar-refractivity contribution in [3.8, 4) is 23.0 Å². The molecule has 91 heavy (non-hydrogen) atoms. The maximum Gasteiger partial charge on any atom is 0.534 e. The second-order valence-corrected chi connectivity index (χ2v) is 37.6. The molecule has 1 saturated heterocycles. The molecule has 6 aliphatic carbocycles. The number of thioether (sulfide) groups is 3. The molecule has 3 aromatic rings. The lowest BCUT2D eigenvalue weighted by atomic mass is 9.42. The SMILES string of the molecule is CB1OB(C)OB(C)O1.COc1cc(C)c2c(c1)SC[C@@H]1[C@@]3(C)CCCC(C)(C)[C@@H]3CC[C@@]21C.COc1cc(C)c2c(c1)SC[C@@H]1[C@@]3(C)CCCC(C)(C)[C@@H]3CC[C@@]21C.COc1cc(OS(=O)(=O)C(F)(F)F)c2c(c1)SC[C@@H]1[C@@]3(C)CCCC(C)(C)[C@@H]3CC[C@@]21C. The second-order valence-electron chi connectivity index (χ2n) is 32.9. The molecule has 9 nitrogen and oxygen atoms in total. The lowest BCUT2D eigenvalue weighted by Gasteiger charge is -2.64. The maximum atomic E-state index is 13.2. The van der Waals surface area contributed by atoms with Crippen molar-refractivity contribution in [2.24, 2.45) is 68.0 Å². The van der Waals surface area contributed by atoms with E-state index in [2.05, 4.69) is 145 Å². The Kier molecular flexibility index (Phi) is 20.1. The van der Waals surface area contributed by atoms with Gasteiger partial charge in [-0.05, 0) is 243 Å². The van der Waals surface area contributed by atoms with Crippen LogP contribution in [0.2, 0.25) is 20.5 Å². The Balaban J connectivity index is 0.000000141. The Morgan fingerprint density at radius 3 is 1.05 bits per heavy atom. The summed E-state index contributed by atoms with van der Waals surface area (Å²) >= 11 is 5.75. The molecule has 3 aromatic carbocycles. The van der Waals surface area contributed by atoms with E-state index in [4.69, 9.17) is 32.1 Å². The highest BCUT2D eigenvalue weighted by molar-refractivity contribution is 8.00. The van der Waals surface area contributed by atoms with Crippen LogP contribution in [0.15, 0.2) is 51.1 Å². The van der Waals surface area contributed by atoms with E-state index < -0.39 is 21.0 Å². The molecule has 0 unspecified atom stereocenters. The van der Waals surface area contributed by atoms with Gasteiger partial charge in [0, 0.05) is 49.0 Å². The summed E-state index contributed by atoms with van der Waals surface area (Å²) in [6.07, 6.45) is 19.1. The van der Waals surface area contributed by atoms with Crippen molar-refractivity contribution in [3.05, 3.63) is 64.2 Å². The summed E-state index contributed by atoms with van der Waals surface area (Å²) < 4.78 is 99.9. The standard InChI is InChI=1S/C23H31F3O4S2.2C23H34OS.C3H9B3O3/c1-20(2)8-6-9-21(3)17(20)7-10-22(4)18(21)13-31-16-12-14(29-5)11-15(19(16)22)30-32(27,28)23(24,25)26;2*1-15-12-16(24-6)13-17-20(15)23(5)11-8-18-21(2,3)9-7-10-22(18,4)19(23)14-25-17;1-4-7-5(2)9-6(3)8-4/h11-12,17-18H,6-10,13H2,1-5H3;2*12-13,18-19H,7-11,14H2,1-6H3;1-3H3/t17-,18+,21-,22+;2*18-,19+,22-,23+;/m000./s1. The van der Waals surface area contributed by atoms with Crippen LogP contribution in [0.3, 0.4) is 0 Å². The summed E-state index contributed by atoms with van der Waals surface area (Å²) in [5, 5.41) is 0. The van der Waals surface area contributed by atoms with Crippen molar-refractivity contribution in [3.63, 3.8) is 0 Å². The largest absolute Gasteiger partial charge is 0.534 e. The molecule has 4 aliphatic heterocycles. The number of fused-ring (bicyclic) bond motifs is 15. The minimum atomic E-state index is -5.80. The lowest BCUT2D eigenvalue weighted by molar-refractivity contribution is -0.0977. The van der Waals surface area contributed by atoms with E-state index in [1.54, 1.807) is 43.2 Å². The Hall–Kier alpha value is -2.28. The van der Waals surface area contributed by atoms with Crippen LogP contribution >= 0.6 is 35.3 Å². The first-order chi connectivity index (χ1) is 42.3. The van der Waals surface area contributed by atoms with Crippen LogP contribution in [-0.4, -0.2) is 73.9 Å². The molecule has 0 amide bonds. The highest BCUT2D eigenvalue weighted by Crippen LogP contribution is 2.71. The molecule has 504 valence electrons. The molecule has 13 rings (SSSR count). The third-order valence-corrected chi connectivity index (χ3v) is 30.6. The number of hydrogen-bond acceptors (Lipinski definition) is 12. The van der Waals surface area contributed by atoms with Crippen LogP contribution in [0.1, 0.15) is 207 Å². The molecule has 0 N–H and O–H groups in total. The summed E-state index contributed by atoms with van der Waals surface area (Å²) in [6.45, 7) is 39.9. The first-order valence-electron chi connectivity index (χ1n) is 34.2. The molecule has 12 atom stereocenters. The average molecular weight is 1340 g/mol. The van der Waals surface area contributed by atoms with Gasteiger partial charge in [-0.15, -0.1) is 35.3 Å². The number of benzene rings is 3. The average Bonchev–Trinajstić information content (AvgIpc) is 0.716. The van der Waals surface area contributed by atoms with E-state index in [0.717, 1.165) is 71.5 Å². The van der Waals surface area contributed by atoms with Gasteiger partial charge in [-0.3, -0.25) is 0 Å². The highest BCUT2D eigenvalue weighted by Gasteiger charge is 2.64. The van der Waals surface area contributed by atoms with Gasteiger partial charge in [-0.1, -0.05) is 102 Å². The molecular formula is C72H108B3F3O9S4. The highest BCUT2D eigenvalue weighted by atomic mass is 32.2. The predicted molar refractivity (Wildman–Crippen MR) is 372 cm³/mol. The van der Waals surface area contributed by atoms with E-state index in [0.29, 0.717) is 44.0 Å². The smallest absolute Gasteiger partial charge is 0.497 e. The summed E-state index contributed by atoms with van der Waals surface area (Å²) in [7, 11) is -1.23. The molecule has 7 fully saturated rings. The minimum Gasteiger partial charge on any atom is -0.497 e. The Labute approximate surface area is 560 Å². The van der Waals surface area contributed by atoms with E-state index in [-0.39, 0.29) is 49.6 Å². The predicted octanol–water partition coefficient (Wildman–Crippen LogP) is 20.2. The van der Waals surface area contributed by atoms with Crippen molar-refractivity contribution < 1.29 is 53.7 Å². The molecular weight excluding hydrogens is 1230 g/mol. The fourth-order valence-electron chi connectivity index (χ4n) is 22.4. The van der Waals surface area contributed by atoms with Gasteiger partial charge in [-0.2, -0.15) is 21.6 Å². The first kappa shape index (κ1) is 71.5. The third kappa shape index (κ3) is 12.8. The van der Waals surface area contributed by atoms with E-state index in [9.17, 15) is 21.6 Å². The van der Waals surface area contributed by atoms with Gasteiger partial charge >= 0.3 is 37.0 Å². The molecule has 0 spiro atoms. The van der Waals surface area contributed by atoms with Gasteiger partial charge in [-0.25, -0.2) is 0 Å². The lowest BCUT2D eigenvalue weighted by Crippen LogP contribution is -2.58. The van der Waals surface area contributed by atoms with Gasteiger partial charge in [0.1, 0.15) is 17.2 Å². The molecule has 19 heteroatoms. The van der Waals surface area contributed by atoms with Gasteiger partial charge in [0.25, 0.3) is 0 Å². The Morgan fingerprint density at radius 1 is 0.451 bits per heavy atom. The molecule has 6 saturated carbocycles. The summed E-state index contributed by atoms with van der Waals surface area (Å²) in [5.74, 6) is 9.53. The normalized spacial score (nSPS) is 35.6. The van der Waals surface area contributed by atoms with Gasteiger partial charge in [0.15, 0.2) is 5.75 Å². The molecule has 0 radical (unpaired) electrons. The fraction of sp³-hybridized carbons (Fsp3) is 0.750. The van der Waals surface area contributed by atoms with Crippen molar-refractivity contribution in [2.75, 3.05) is 38.6 Å². The van der Waals surface area contributed by atoms with Crippen molar-refractivity contribution in [1.29, 1.82) is 0 Å². The topological polar surface area (TPSA) is 98.8 Å². The number of ether oxygens (including phenoxy) is 3. The first-order valence-corrected chi connectivity index (χ1v) is 38.6. The quantitative estimate of drug-likeness (QED) is 0.138. The zero-order valence-corrected chi connectivity index (χ0v) is 62.1. The molecule has 4 heterocycles. The maximum absolute atomic E-state index is 13.2. The third-order valence-electron chi connectivity index (χ3n) is 26.2. The van der Waals surface area contributed by atoms with Gasteiger partial charge in [0.2, 0.25) is 0 Å². The number of alkyl halides is 3. The summed E-state index contributed by atoms with van der Waals surface area (Å²) in [5.41, 5.74) is 3.63. The van der Waals surface area contributed by atoms with Crippen LogP contribution in [-0.2, 0) is 40.1 Å². The van der Waals surface area contributed by atoms with Gasteiger partial charge < -0.3 is 32.1 Å². The number of aryl methyl sites for hydroxylation is 2. The Morgan fingerprint density at radius 2 is 0.747 bits per heavy atom. The van der Waals surface area contributed by atoms with E-state index in [1.165, 1.54) is 116 Å². The summed E-state index contributed by atoms with van der Waals surface area (Å²) in [4.78, 5) is 3.70. The zero-order chi connectivity index (χ0) is 66.7. The zero-order valence-electron chi connectivity index (χ0n) is 58.8. The monoisotopic (exact) mass is 1330 g/mol.